The topological polar surface area (TPSA) is 65.8 Å². The number of anilines is 1. The summed E-state index contributed by atoms with van der Waals surface area (Å²) in [5, 5.41) is 0. The molecule has 1 atom stereocenters. The number of para-hydroxylation sites is 2. The Kier molecular flexibility index (Phi) is 7.63. The van der Waals surface area contributed by atoms with Crippen molar-refractivity contribution in [3.8, 4) is 17.2 Å². The molecule has 1 fully saturated rings. The highest BCUT2D eigenvalue weighted by atomic mass is 16.5. The molecule has 196 valence electrons. The van der Waals surface area contributed by atoms with Gasteiger partial charge in [0, 0.05) is 31.1 Å². The van der Waals surface area contributed by atoms with Gasteiger partial charge in [0.2, 0.25) is 5.91 Å². The third-order valence-electron chi connectivity index (χ3n) is 6.89. The van der Waals surface area contributed by atoms with Crippen LogP contribution in [0.25, 0.3) is 17.1 Å². The van der Waals surface area contributed by atoms with Crippen molar-refractivity contribution >= 4 is 28.7 Å². The lowest BCUT2D eigenvalue weighted by Crippen LogP contribution is -2.24. The predicted octanol–water partition coefficient (Wildman–Crippen LogP) is 6.08. The number of hydrogen-bond acceptors (Lipinski definition) is 5. The standard InChI is InChI=1S/C31H33N3O4/c1-4-8-22-11-16-28(29(19-22)37-3)38-18-7-17-33-27-10-6-5-9-26(27)32-31(33)23-20-30(35)34(21-23)24-12-14-25(36-2)15-13-24/h4-6,8-16,19,23H,7,17-18,20-21H2,1-3H3/b8-4+. The summed E-state index contributed by atoms with van der Waals surface area (Å²) in [5.74, 6) is 3.29. The number of aromatic nitrogens is 2. The van der Waals surface area contributed by atoms with E-state index in [-0.39, 0.29) is 11.8 Å². The zero-order chi connectivity index (χ0) is 26.5. The lowest BCUT2D eigenvalue weighted by molar-refractivity contribution is -0.117. The number of carbonyl (C=O) groups is 1. The first kappa shape index (κ1) is 25.4. The molecule has 1 aliphatic rings. The van der Waals surface area contributed by atoms with E-state index in [1.54, 1.807) is 14.2 Å². The highest BCUT2D eigenvalue weighted by Gasteiger charge is 2.34. The zero-order valence-electron chi connectivity index (χ0n) is 22.1. The Balaban J connectivity index is 1.31. The van der Waals surface area contributed by atoms with E-state index in [0.29, 0.717) is 19.6 Å². The number of imidazole rings is 1. The number of benzene rings is 3. The minimum atomic E-state index is 0.0113. The van der Waals surface area contributed by atoms with Crippen LogP contribution in [0, 0.1) is 0 Å². The molecule has 0 aliphatic carbocycles. The fraction of sp³-hybridized carbons (Fsp3) is 0.290. The third kappa shape index (κ3) is 5.23. The maximum Gasteiger partial charge on any atom is 0.227 e. The lowest BCUT2D eigenvalue weighted by Gasteiger charge is -2.18. The Labute approximate surface area is 223 Å². The molecule has 0 N–H and O–H groups in total. The molecule has 1 unspecified atom stereocenters. The molecule has 4 aromatic rings. The van der Waals surface area contributed by atoms with E-state index in [1.807, 2.05) is 84.6 Å². The van der Waals surface area contributed by atoms with E-state index in [1.165, 1.54) is 0 Å². The van der Waals surface area contributed by atoms with Crippen LogP contribution in [-0.2, 0) is 11.3 Å². The molecule has 1 saturated heterocycles. The van der Waals surface area contributed by atoms with E-state index in [4.69, 9.17) is 19.2 Å². The van der Waals surface area contributed by atoms with Crippen LogP contribution in [0.3, 0.4) is 0 Å². The second kappa shape index (κ2) is 11.4. The summed E-state index contributed by atoms with van der Waals surface area (Å²) in [7, 11) is 3.29. The second-order valence-electron chi connectivity index (χ2n) is 9.33. The molecule has 0 radical (unpaired) electrons. The van der Waals surface area contributed by atoms with Crippen LogP contribution >= 0.6 is 0 Å². The number of methoxy groups -OCH3 is 2. The first-order valence-electron chi connectivity index (χ1n) is 12.9. The van der Waals surface area contributed by atoms with Gasteiger partial charge in [-0.25, -0.2) is 4.98 Å². The Morgan fingerprint density at radius 2 is 1.82 bits per heavy atom. The fourth-order valence-corrected chi connectivity index (χ4v) is 5.04. The number of fused-ring (bicyclic) bond motifs is 1. The van der Waals surface area contributed by atoms with Crippen LogP contribution in [0.2, 0.25) is 0 Å². The summed E-state index contributed by atoms with van der Waals surface area (Å²) in [6, 6.07) is 21.7. The van der Waals surface area contributed by atoms with Crippen molar-refractivity contribution < 1.29 is 19.0 Å². The van der Waals surface area contributed by atoms with Crippen LogP contribution in [0.1, 0.15) is 37.1 Å². The van der Waals surface area contributed by atoms with Gasteiger partial charge in [-0.15, -0.1) is 0 Å². The van der Waals surface area contributed by atoms with E-state index in [2.05, 4.69) is 10.6 Å². The second-order valence-corrected chi connectivity index (χ2v) is 9.33. The van der Waals surface area contributed by atoms with Gasteiger partial charge in [0.05, 0.1) is 31.9 Å². The van der Waals surface area contributed by atoms with Gasteiger partial charge < -0.3 is 23.7 Å². The van der Waals surface area contributed by atoms with Crippen LogP contribution in [0.4, 0.5) is 5.69 Å². The van der Waals surface area contributed by atoms with E-state index in [0.717, 1.165) is 58.3 Å². The van der Waals surface area contributed by atoms with Gasteiger partial charge in [-0.3, -0.25) is 4.79 Å². The summed E-state index contributed by atoms with van der Waals surface area (Å²) < 4.78 is 19.1. The average Bonchev–Trinajstić information content (AvgIpc) is 3.52. The number of rotatable bonds is 10. The highest BCUT2D eigenvalue weighted by molar-refractivity contribution is 5.96. The van der Waals surface area contributed by atoms with Crippen LogP contribution < -0.4 is 19.1 Å². The normalized spacial score (nSPS) is 15.5. The van der Waals surface area contributed by atoms with Crippen molar-refractivity contribution in [1.29, 1.82) is 0 Å². The molecule has 7 nitrogen and oxygen atoms in total. The average molecular weight is 512 g/mol. The Hall–Kier alpha value is -4.26. The summed E-state index contributed by atoms with van der Waals surface area (Å²) >= 11 is 0. The number of amides is 1. The van der Waals surface area contributed by atoms with Gasteiger partial charge in [-0.1, -0.05) is 30.4 Å². The fourth-order valence-electron chi connectivity index (χ4n) is 5.04. The number of nitrogens with zero attached hydrogens (tertiary/aromatic N) is 3. The summed E-state index contributed by atoms with van der Waals surface area (Å²) in [4.78, 5) is 19.8. The number of carbonyl (C=O) groups excluding carboxylic acids is 1. The van der Waals surface area contributed by atoms with E-state index >= 15 is 0 Å². The minimum absolute atomic E-state index is 0.0113. The minimum Gasteiger partial charge on any atom is -0.497 e. The van der Waals surface area contributed by atoms with Crippen LogP contribution in [0.15, 0.2) is 72.8 Å². The first-order valence-corrected chi connectivity index (χ1v) is 12.9. The van der Waals surface area contributed by atoms with Crippen molar-refractivity contribution in [3.63, 3.8) is 0 Å². The summed E-state index contributed by atoms with van der Waals surface area (Å²) in [6.45, 7) is 3.86. The largest absolute Gasteiger partial charge is 0.497 e. The lowest BCUT2D eigenvalue weighted by atomic mass is 10.1. The van der Waals surface area contributed by atoms with Gasteiger partial charge in [0.25, 0.3) is 0 Å². The van der Waals surface area contributed by atoms with Gasteiger partial charge in [-0.05, 0) is 67.4 Å². The number of aryl methyl sites for hydroxylation is 1. The third-order valence-corrected chi connectivity index (χ3v) is 6.89. The Bertz CT molecular complexity index is 1440. The molecule has 2 heterocycles. The summed E-state index contributed by atoms with van der Waals surface area (Å²) in [5.41, 5.74) is 3.97. The monoisotopic (exact) mass is 511 g/mol. The molecule has 1 aromatic heterocycles. The quantitative estimate of drug-likeness (QED) is 0.242. The van der Waals surface area contributed by atoms with Crippen molar-refractivity contribution in [3.05, 3.63) is 84.2 Å². The SMILES string of the molecule is C/C=C/c1ccc(OCCCn2c(C3CC(=O)N(c4ccc(OC)cc4)C3)nc3ccccc32)c(OC)c1. The summed E-state index contributed by atoms with van der Waals surface area (Å²) in [6.07, 6.45) is 5.25. The molecule has 0 saturated carbocycles. The van der Waals surface area contributed by atoms with Gasteiger partial charge in [0.15, 0.2) is 11.5 Å². The van der Waals surface area contributed by atoms with Crippen LogP contribution in [0.5, 0.6) is 17.2 Å². The molecule has 5 rings (SSSR count). The van der Waals surface area contributed by atoms with Crippen LogP contribution in [-0.4, -0.2) is 42.8 Å². The first-order chi connectivity index (χ1) is 18.6. The van der Waals surface area contributed by atoms with Gasteiger partial charge >= 0.3 is 0 Å². The molecule has 3 aromatic carbocycles. The Morgan fingerprint density at radius 1 is 1.00 bits per heavy atom. The molecule has 0 bridgehead atoms. The maximum atomic E-state index is 13.0. The predicted molar refractivity (Wildman–Crippen MR) is 150 cm³/mol. The zero-order valence-corrected chi connectivity index (χ0v) is 22.1. The molecular formula is C31H33N3O4. The smallest absolute Gasteiger partial charge is 0.227 e. The van der Waals surface area contributed by atoms with E-state index in [9.17, 15) is 4.79 Å². The molecule has 1 amide bonds. The molecule has 7 heteroatoms. The number of allylic oxidation sites excluding steroid dienone is 1. The number of ether oxygens (including phenoxy) is 3. The van der Waals surface area contributed by atoms with Gasteiger partial charge in [-0.2, -0.15) is 0 Å². The van der Waals surface area contributed by atoms with Gasteiger partial charge in [0.1, 0.15) is 11.6 Å². The molecule has 0 spiro atoms. The molecule has 1 aliphatic heterocycles. The van der Waals surface area contributed by atoms with Crippen molar-refractivity contribution in [1.82, 2.24) is 9.55 Å². The highest BCUT2D eigenvalue weighted by Crippen LogP contribution is 2.34. The maximum absolute atomic E-state index is 13.0. The van der Waals surface area contributed by atoms with Crippen molar-refractivity contribution in [2.75, 3.05) is 32.3 Å². The Morgan fingerprint density at radius 3 is 2.58 bits per heavy atom. The molecule has 38 heavy (non-hydrogen) atoms. The molecular weight excluding hydrogens is 478 g/mol. The van der Waals surface area contributed by atoms with E-state index < -0.39 is 0 Å². The van der Waals surface area contributed by atoms with Crippen molar-refractivity contribution in [2.24, 2.45) is 0 Å². The van der Waals surface area contributed by atoms with Crippen molar-refractivity contribution in [2.45, 2.75) is 32.2 Å². The number of hydrogen-bond donors (Lipinski definition) is 0.